The Kier molecular flexibility index (Phi) is 11.0. The molecule has 0 saturated heterocycles. The summed E-state index contributed by atoms with van der Waals surface area (Å²) in [4.78, 5) is 28.9. The summed E-state index contributed by atoms with van der Waals surface area (Å²) < 4.78 is 40.9. The third kappa shape index (κ3) is 8.68. The number of benzene rings is 3. The maximum Gasteiger partial charge on any atom is 0.244 e. The standard InChI is InChI=1S/C29H32Cl2FN3O4S/c1-20(2)17-33-29(37)27(15-21-9-5-4-6-10-21)34(18-22-13-14-23(30)16-24(22)31)28(36)19-35(40(3,38)39)26-12-8-7-11-25(26)32/h4-14,16,20,27H,15,17-19H2,1-3H3,(H,33,37)/t27-/m0/s1. The van der Waals surface area contributed by atoms with Crippen LogP contribution >= 0.6 is 23.2 Å². The van der Waals surface area contributed by atoms with Gasteiger partial charge in [-0.1, -0.05) is 85.6 Å². The van der Waals surface area contributed by atoms with E-state index in [4.69, 9.17) is 23.2 Å². The van der Waals surface area contributed by atoms with Crippen LogP contribution in [0.1, 0.15) is 25.0 Å². The normalized spacial score (nSPS) is 12.2. The summed E-state index contributed by atoms with van der Waals surface area (Å²) in [6, 6.07) is 18.2. The highest BCUT2D eigenvalue weighted by atomic mass is 35.5. The summed E-state index contributed by atoms with van der Waals surface area (Å²) in [5.41, 5.74) is 1.03. The van der Waals surface area contributed by atoms with E-state index < -0.39 is 40.2 Å². The van der Waals surface area contributed by atoms with Crippen LogP contribution < -0.4 is 9.62 Å². The second-order valence-corrected chi connectivity index (χ2v) is 12.6. The molecule has 40 heavy (non-hydrogen) atoms. The molecule has 7 nitrogen and oxygen atoms in total. The summed E-state index contributed by atoms with van der Waals surface area (Å²) >= 11 is 12.5. The maximum absolute atomic E-state index is 14.7. The fourth-order valence-electron chi connectivity index (χ4n) is 4.06. The molecule has 0 fully saturated rings. The summed E-state index contributed by atoms with van der Waals surface area (Å²) in [5.74, 6) is -1.77. The van der Waals surface area contributed by atoms with Gasteiger partial charge in [0.2, 0.25) is 21.8 Å². The van der Waals surface area contributed by atoms with Crippen molar-refractivity contribution in [3.8, 4) is 0 Å². The van der Waals surface area contributed by atoms with Crippen molar-refractivity contribution in [1.29, 1.82) is 0 Å². The van der Waals surface area contributed by atoms with Gasteiger partial charge < -0.3 is 10.2 Å². The van der Waals surface area contributed by atoms with Gasteiger partial charge in [0.25, 0.3) is 0 Å². The fraction of sp³-hybridized carbons (Fsp3) is 0.310. The molecule has 0 unspecified atom stereocenters. The lowest BCUT2D eigenvalue weighted by atomic mass is 10.0. The molecule has 3 aromatic rings. The highest BCUT2D eigenvalue weighted by Gasteiger charge is 2.34. The van der Waals surface area contributed by atoms with E-state index in [1.165, 1.54) is 29.2 Å². The van der Waals surface area contributed by atoms with Gasteiger partial charge in [0.15, 0.2) is 0 Å². The number of rotatable bonds is 12. The van der Waals surface area contributed by atoms with Gasteiger partial charge in [-0.3, -0.25) is 13.9 Å². The molecule has 3 aromatic carbocycles. The Morgan fingerprint density at radius 2 is 1.62 bits per heavy atom. The van der Waals surface area contributed by atoms with Gasteiger partial charge in [-0.2, -0.15) is 0 Å². The van der Waals surface area contributed by atoms with Crippen LogP contribution in [0.25, 0.3) is 0 Å². The lowest BCUT2D eigenvalue weighted by Crippen LogP contribution is -2.53. The molecular formula is C29H32Cl2FN3O4S. The zero-order valence-corrected chi connectivity index (χ0v) is 24.8. The van der Waals surface area contributed by atoms with E-state index >= 15 is 0 Å². The number of carbonyl (C=O) groups is 2. The molecule has 0 radical (unpaired) electrons. The fourth-order valence-corrected chi connectivity index (χ4v) is 5.38. The van der Waals surface area contributed by atoms with Crippen LogP contribution in [-0.2, 0) is 32.6 Å². The first-order valence-electron chi connectivity index (χ1n) is 12.6. The zero-order valence-electron chi connectivity index (χ0n) is 22.5. The van der Waals surface area contributed by atoms with Crippen molar-refractivity contribution in [2.75, 3.05) is 23.7 Å². The number of nitrogens with zero attached hydrogens (tertiary/aromatic N) is 2. The SMILES string of the molecule is CC(C)CNC(=O)[C@H](Cc1ccccc1)N(Cc1ccc(Cl)cc1Cl)C(=O)CN(c1ccccc1F)S(C)(=O)=O. The Labute approximate surface area is 244 Å². The lowest BCUT2D eigenvalue weighted by molar-refractivity contribution is -0.140. The van der Waals surface area contributed by atoms with Crippen molar-refractivity contribution in [3.05, 3.63) is 99.8 Å². The van der Waals surface area contributed by atoms with E-state index in [-0.39, 0.29) is 29.6 Å². The lowest BCUT2D eigenvalue weighted by Gasteiger charge is -2.34. The number of nitrogens with one attached hydrogen (secondary N) is 1. The van der Waals surface area contributed by atoms with Crippen LogP contribution in [0.3, 0.4) is 0 Å². The van der Waals surface area contributed by atoms with Crippen LogP contribution in [0.15, 0.2) is 72.8 Å². The van der Waals surface area contributed by atoms with Gasteiger partial charge in [0.05, 0.1) is 11.9 Å². The van der Waals surface area contributed by atoms with E-state index in [9.17, 15) is 22.4 Å². The average Bonchev–Trinajstić information content (AvgIpc) is 2.89. The smallest absolute Gasteiger partial charge is 0.244 e. The first kappa shape index (κ1) is 31.4. The van der Waals surface area contributed by atoms with E-state index in [1.807, 2.05) is 44.2 Å². The highest BCUT2D eigenvalue weighted by Crippen LogP contribution is 2.26. The summed E-state index contributed by atoms with van der Waals surface area (Å²) in [7, 11) is -4.08. The minimum absolute atomic E-state index is 0.115. The minimum Gasteiger partial charge on any atom is -0.354 e. The second kappa shape index (κ2) is 14.0. The van der Waals surface area contributed by atoms with Crippen molar-refractivity contribution < 1.29 is 22.4 Å². The van der Waals surface area contributed by atoms with Crippen LogP contribution in [0.5, 0.6) is 0 Å². The van der Waals surface area contributed by atoms with Crippen LogP contribution in [0, 0.1) is 11.7 Å². The molecule has 0 aromatic heterocycles. The van der Waals surface area contributed by atoms with E-state index in [0.29, 0.717) is 21.4 Å². The van der Waals surface area contributed by atoms with Crippen LogP contribution in [-0.4, -0.2) is 50.5 Å². The molecule has 0 aliphatic heterocycles. The molecule has 214 valence electrons. The number of amides is 2. The largest absolute Gasteiger partial charge is 0.354 e. The van der Waals surface area contributed by atoms with Crippen molar-refractivity contribution in [1.82, 2.24) is 10.2 Å². The Morgan fingerprint density at radius 3 is 2.23 bits per heavy atom. The zero-order chi connectivity index (χ0) is 29.4. The average molecular weight is 609 g/mol. The summed E-state index contributed by atoms with van der Waals surface area (Å²) in [6.45, 7) is 3.42. The van der Waals surface area contributed by atoms with Crippen molar-refractivity contribution >= 4 is 50.7 Å². The van der Waals surface area contributed by atoms with Crippen LogP contribution in [0.2, 0.25) is 10.0 Å². The van der Waals surface area contributed by atoms with Gasteiger partial charge in [-0.25, -0.2) is 12.8 Å². The second-order valence-electron chi connectivity index (χ2n) is 9.82. The number of hydrogen-bond acceptors (Lipinski definition) is 4. The molecule has 0 spiro atoms. The predicted molar refractivity (Wildman–Crippen MR) is 157 cm³/mol. The molecule has 1 N–H and O–H groups in total. The molecule has 0 bridgehead atoms. The highest BCUT2D eigenvalue weighted by molar-refractivity contribution is 7.92. The molecule has 0 saturated carbocycles. The van der Waals surface area contributed by atoms with E-state index in [1.54, 1.807) is 12.1 Å². The summed E-state index contributed by atoms with van der Waals surface area (Å²) in [5, 5.41) is 3.56. The molecule has 11 heteroatoms. The Bertz CT molecular complexity index is 1440. The number of halogens is 3. The number of carbonyl (C=O) groups excluding carboxylic acids is 2. The van der Waals surface area contributed by atoms with E-state index in [2.05, 4.69) is 5.32 Å². The Balaban J connectivity index is 2.08. The molecule has 0 heterocycles. The number of para-hydroxylation sites is 1. The number of hydrogen-bond donors (Lipinski definition) is 1. The Hall–Kier alpha value is -3.14. The maximum atomic E-state index is 14.7. The van der Waals surface area contributed by atoms with Crippen molar-refractivity contribution in [2.24, 2.45) is 5.92 Å². The molecular weight excluding hydrogens is 576 g/mol. The predicted octanol–water partition coefficient (Wildman–Crippen LogP) is 5.31. The number of anilines is 1. The number of sulfonamides is 1. The van der Waals surface area contributed by atoms with Crippen molar-refractivity contribution in [2.45, 2.75) is 32.9 Å². The van der Waals surface area contributed by atoms with Gasteiger partial charge in [-0.15, -0.1) is 0 Å². The quantitative estimate of drug-likeness (QED) is 0.302. The molecule has 0 aliphatic carbocycles. The van der Waals surface area contributed by atoms with Gasteiger partial charge in [0.1, 0.15) is 18.4 Å². The van der Waals surface area contributed by atoms with Gasteiger partial charge >= 0.3 is 0 Å². The molecule has 2 amide bonds. The Morgan fingerprint density at radius 1 is 0.975 bits per heavy atom. The monoisotopic (exact) mass is 607 g/mol. The molecule has 3 rings (SSSR count). The molecule has 1 atom stereocenters. The van der Waals surface area contributed by atoms with E-state index in [0.717, 1.165) is 17.9 Å². The van der Waals surface area contributed by atoms with Gasteiger partial charge in [-0.05, 0) is 41.3 Å². The third-order valence-corrected chi connectivity index (χ3v) is 7.83. The third-order valence-electron chi connectivity index (χ3n) is 6.11. The first-order valence-corrected chi connectivity index (χ1v) is 15.2. The topological polar surface area (TPSA) is 86.8 Å². The summed E-state index contributed by atoms with van der Waals surface area (Å²) in [6.07, 6.45) is 1.05. The van der Waals surface area contributed by atoms with Gasteiger partial charge in [0, 0.05) is 29.6 Å². The molecule has 0 aliphatic rings. The first-order chi connectivity index (χ1) is 18.9. The van der Waals surface area contributed by atoms with Crippen LogP contribution in [0.4, 0.5) is 10.1 Å². The minimum atomic E-state index is -4.08. The van der Waals surface area contributed by atoms with Crippen molar-refractivity contribution in [3.63, 3.8) is 0 Å².